The summed E-state index contributed by atoms with van der Waals surface area (Å²) in [7, 11) is 0. The number of hydrogen-bond donors (Lipinski definition) is 2. The van der Waals surface area contributed by atoms with Crippen molar-refractivity contribution in [1.29, 1.82) is 0 Å². The number of carbonyl (C=O) groups is 2. The zero-order chi connectivity index (χ0) is 22.4. The summed E-state index contributed by atoms with van der Waals surface area (Å²) in [6.45, 7) is 8.38. The van der Waals surface area contributed by atoms with Crippen molar-refractivity contribution < 1.29 is 9.59 Å². The van der Waals surface area contributed by atoms with E-state index in [0.717, 1.165) is 11.1 Å². The van der Waals surface area contributed by atoms with Crippen molar-refractivity contribution in [2.24, 2.45) is 0 Å². The summed E-state index contributed by atoms with van der Waals surface area (Å²) in [6, 6.07) is 14.9. The number of hydrogen-bond acceptors (Lipinski definition) is 6. The predicted molar refractivity (Wildman–Crippen MR) is 121 cm³/mol. The van der Waals surface area contributed by atoms with Crippen molar-refractivity contribution in [3.63, 3.8) is 0 Å². The molecule has 0 saturated carbocycles. The van der Waals surface area contributed by atoms with Crippen LogP contribution in [0.1, 0.15) is 42.3 Å². The molecular formula is C22H26N6O2S. The third-order valence-electron chi connectivity index (χ3n) is 4.43. The minimum Gasteiger partial charge on any atom is -0.348 e. The Morgan fingerprint density at radius 1 is 1.06 bits per heavy atom. The van der Waals surface area contributed by atoms with Crippen molar-refractivity contribution in [2.75, 3.05) is 11.1 Å². The lowest BCUT2D eigenvalue weighted by Gasteiger charge is -2.19. The van der Waals surface area contributed by atoms with Gasteiger partial charge in [0.25, 0.3) is 5.91 Å². The second-order valence-electron chi connectivity index (χ2n) is 8.09. The fraction of sp³-hybridized carbons (Fsp3) is 0.318. The number of anilines is 1. The van der Waals surface area contributed by atoms with Crippen LogP contribution in [-0.4, -0.2) is 37.8 Å². The number of nitrogens with one attached hydrogen (secondary N) is 2. The summed E-state index contributed by atoms with van der Waals surface area (Å²) < 4.78 is 1.68. The van der Waals surface area contributed by atoms with E-state index >= 15 is 0 Å². The van der Waals surface area contributed by atoms with Crippen molar-refractivity contribution in [3.05, 3.63) is 65.2 Å². The molecule has 0 fully saturated rings. The number of tetrazole rings is 1. The number of nitrogens with zero attached hydrogens (tertiary/aromatic N) is 4. The maximum absolute atomic E-state index is 12.7. The number of thioether (sulfide) groups is 1. The molecule has 0 bridgehead atoms. The molecule has 162 valence electrons. The average molecular weight is 439 g/mol. The fourth-order valence-corrected chi connectivity index (χ4v) is 3.64. The Balaban J connectivity index is 1.61. The Hall–Kier alpha value is -3.20. The van der Waals surface area contributed by atoms with Gasteiger partial charge in [-0.3, -0.25) is 9.59 Å². The molecule has 31 heavy (non-hydrogen) atoms. The first-order valence-corrected chi connectivity index (χ1v) is 10.9. The first-order valence-electron chi connectivity index (χ1n) is 9.88. The standard InChI is InChI=1S/C22H26N6O2S/c1-15-9-11-16(12-10-15)13-23-20(30)17-7-5-6-8-18(17)24-19(29)14-31-21-25-26-27-28(21)22(2,3)4/h5-12H,13-14H2,1-4H3,(H,23,30)(H,24,29). The molecular weight excluding hydrogens is 412 g/mol. The molecule has 0 unspecified atom stereocenters. The third-order valence-corrected chi connectivity index (χ3v) is 5.35. The van der Waals surface area contributed by atoms with Gasteiger partial charge in [-0.2, -0.15) is 0 Å². The topological polar surface area (TPSA) is 102 Å². The van der Waals surface area contributed by atoms with Gasteiger partial charge in [-0.1, -0.05) is 53.7 Å². The van der Waals surface area contributed by atoms with E-state index in [4.69, 9.17) is 0 Å². The van der Waals surface area contributed by atoms with Crippen LogP contribution in [0.15, 0.2) is 53.7 Å². The van der Waals surface area contributed by atoms with Gasteiger partial charge in [0.1, 0.15) is 0 Å². The molecule has 0 radical (unpaired) electrons. The Bertz CT molecular complexity index is 1060. The van der Waals surface area contributed by atoms with E-state index in [0.29, 0.717) is 23.0 Å². The minimum absolute atomic E-state index is 0.121. The highest BCUT2D eigenvalue weighted by Crippen LogP contribution is 2.22. The fourth-order valence-electron chi connectivity index (χ4n) is 2.78. The van der Waals surface area contributed by atoms with Crippen LogP contribution in [0.25, 0.3) is 0 Å². The molecule has 0 atom stereocenters. The summed E-state index contributed by atoms with van der Waals surface area (Å²) in [4.78, 5) is 25.2. The maximum Gasteiger partial charge on any atom is 0.253 e. The third kappa shape index (κ3) is 6.14. The normalized spacial score (nSPS) is 11.2. The van der Waals surface area contributed by atoms with Crippen molar-refractivity contribution in [2.45, 2.75) is 44.9 Å². The largest absolute Gasteiger partial charge is 0.348 e. The zero-order valence-corrected chi connectivity index (χ0v) is 18.9. The summed E-state index contributed by atoms with van der Waals surface area (Å²) in [6.07, 6.45) is 0. The van der Waals surface area contributed by atoms with Gasteiger partial charge in [-0.15, -0.1) is 5.10 Å². The number of amides is 2. The lowest BCUT2D eigenvalue weighted by molar-refractivity contribution is -0.113. The van der Waals surface area contributed by atoms with Crippen LogP contribution < -0.4 is 10.6 Å². The molecule has 0 spiro atoms. The maximum atomic E-state index is 12.7. The van der Waals surface area contributed by atoms with Crippen LogP contribution in [0.3, 0.4) is 0 Å². The molecule has 0 saturated heterocycles. The van der Waals surface area contributed by atoms with Crippen LogP contribution in [-0.2, 0) is 16.9 Å². The van der Waals surface area contributed by atoms with Gasteiger partial charge >= 0.3 is 0 Å². The van der Waals surface area contributed by atoms with E-state index in [1.165, 1.54) is 11.8 Å². The van der Waals surface area contributed by atoms with E-state index in [9.17, 15) is 9.59 Å². The molecule has 2 amide bonds. The molecule has 8 nitrogen and oxygen atoms in total. The van der Waals surface area contributed by atoms with Gasteiger partial charge in [-0.05, 0) is 55.8 Å². The average Bonchev–Trinajstić information content (AvgIpc) is 3.21. The van der Waals surface area contributed by atoms with E-state index in [1.54, 1.807) is 28.9 Å². The summed E-state index contributed by atoms with van der Waals surface area (Å²) in [5, 5.41) is 18.0. The van der Waals surface area contributed by atoms with E-state index in [2.05, 4.69) is 26.2 Å². The number of aryl methyl sites for hydroxylation is 1. The Morgan fingerprint density at radius 2 is 1.77 bits per heavy atom. The number of rotatable bonds is 7. The van der Waals surface area contributed by atoms with Gasteiger partial charge in [-0.25, -0.2) is 4.68 Å². The van der Waals surface area contributed by atoms with Gasteiger partial charge < -0.3 is 10.6 Å². The number of aromatic nitrogens is 4. The summed E-state index contributed by atoms with van der Waals surface area (Å²) in [5.74, 6) is -0.372. The quantitative estimate of drug-likeness (QED) is 0.548. The highest BCUT2D eigenvalue weighted by Gasteiger charge is 2.21. The first kappa shape index (κ1) is 22.5. The number of benzene rings is 2. The first-order chi connectivity index (χ1) is 14.7. The number of para-hydroxylation sites is 1. The zero-order valence-electron chi connectivity index (χ0n) is 18.0. The molecule has 1 aromatic heterocycles. The van der Waals surface area contributed by atoms with E-state index in [1.807, 2.05) is 52.0 Å². The van der Waals surface area contributed by atoms with Gasteiger partial charge in [0.2, 0.25) is 11.1 Å². The molecule has 2 aromatic carbocycles. The molecule has 0 aliphatic carbocycles. The monoisotopic (exact) mass is 438 g/mol. The van der Waals surface area contributed by atoms with Gasteiger partial charge in [0.05, 0.1) is 22.5 Å². The highest BCUT2D eigenvalue weighted by molar-refractivity contribution is 7.99. The molecule has 0 aliphatic heterocycles. The molecule has 0 aliphatic rings. The highest BCUT2D eigenvalue weighted by atomic mass is 32.2. The van der Waals surface area contributed by atoms with Gasteiger partial charge in [0.15, 0.2) is 0 Å². The smallest absolute Gasteiger partial charge is 0.253 e. The lowest BCUT2D eigenvalue weighted by Crippen LogP contribution is -2.26. The molecule has 2 N–H and O–H groups in total. The SMILES string of the molecule is Cc1ccc(CNC(=O)c2ccccc2NC(=O)CSc2nnnn2C(C)(C)C)cc1. The van der Waals surface area contributed by atoms with Crippen LogP contribution in [0.4, 0.5) is 5.69 Å². The van der Waals surface area contributed by atoms with Crippen LogP contribution >= 0.6 is 11.8 Å². The second kappa shape index (κ2) is 9.74. The summed E-state index contributed by atoms with van der Waals surface area (Å²) >= 11 is 1.25. The van der Waals surface area contributed by atoms with Crippen LogP contribution in [0.5, 0.6) is 0 Å². The molecule has 9 heteroatoms. The van der Waals surface area contributed by atoms with E-state index < -0.39 is 0 Å². The Kier molecular flexibility index (Phi) is 7.06. The van der Waals surface area contributed by atoms with Crippen molar-refractivity contribution >= 4 is 29.3 Å². The number of carbonyl (C=O) groups excluding carboxylic acids is 2. The second-order valence-corrected chi connectivity index (χ2v) is 9.04. The minimum atomic E-state index is -0.287. The molecule has 3 aromatic rings. The predicted octanol–water partition coefficient (Wildman–Crippen LogP) is 3.40. The molecule has 1 heterocycles. The molecule has 3 rings (SSSR count). The lowest BCUT2D eigenvalue weighted by atomic mass is 10.1. The van der Waals surface area contributed by atoms with Crippen LogP contribution in [0, 0.1) is 6.92 Å². The van der Waals surface area contributed by atoms with Crippen molar-refractivity contribution in [3.8, 4) is 0 Å². The van der Waals surface area contributed by atoms with Crippen LogP contribution in [0.2, 0.25) is 0 Å². The van der Waals surface area contributed by atoms with Gasteiger partial charge in [0, 0.05) is 6.54 Å². The Morgan fingerprint density at radius 3 is 2.48 bits per heavy atom. The summed E-state index contributed by atoms with van der Waals surface area (Å²) in [5.41, 5.74) is 2.76. The Labute approximate surface area is 185 Å². The van der Waals surface area contributed by atoms with E-state index in [-0.39, 0.29) is 23.1 Å². The van der Waals surface area contributed by atoms with Crippen molar-refractivity contribution in [1.82, 2.24) is 25.5 Å².